The molecule has 5 heteroatoms. The predicted molar refractivity (Wildman–Crippen MR) is 56.5 cm³/mol. The number of carbonyl (C=O) groups excluding carboxylic acids is 1. The maximum absolute atomic E-state index is 10.9. The van der Waals surface area contributed by atoms with Gasteiger partial charge in [-0.05, 0) is 6.07 Å². The monoisotopic (exact) mass is 256 g/mol. The number of carboxylic acids is 1. The number of benzene rings is 2. The number of phenols is 1. The van der Waals surface area contributed by atoms with E-state index in [1.54, 1.807) is 24.3 Å². The average Bonchev–Trinajstić information content (AvgIpc) is 2.29. The summed E-state index contributed by atoms with van der Waals surface area (Å²) in [5, 5.41) is 21.6. The van der Waals surface area contributed by atoms with Gasteiger partial charge in [-0.3, -0.25) is 0 Å². The largest absolute Gasteiger partial charge is 1.00 e. The van der Waals surface area contributed by atoms with E-state index in [2.05, 4.69) is 0 Å². The quantitative estimate of drug-likeness (QED) is 0.626. The Morgan fingerprint density at radius 3 is 2.41 bits per heavy atom. The molecule has 0 aliphatic carbocycles. The van der Waals surface area contributed by atoms with Crippen molar-refractivity contribution in [1.29, 1.82) is 0 Å². The number of methoxy groups -OCH3 is 1. The Bertz CT molecular complexity index is 566. The van der Waals surface area contributed by atoms with Crippen molar-refractivity contribution in [2.45, 2.75) is 0 Å². The van der Waals surface area contributed by atoms with E-state index in [0.29, 0.717) is 10.8 Å². The van der Waals surface area contributed by atoms with E-state index in [1.165, 1.54) is 7.11 Å². The van der Waals surface area contributed by atoms with Gasteiger partial charge in [0, 0.05) is 16.3 Å². The molecular formula is C12H9KO4. The van der Waals surface area contributed by atoms with Gasteiger partial charge in [0.25, 0.3) is 0 Å². The number of aromatic carboxylic acids is 1. The molecular weight excluding hydrogens is 247 g/mol. The van der Waals surface area contributed by atoms with E-state index in [4.69, 9.17) is 4.74 Å². The fourth-order valence-corrected chi connectivity index (χ4v) is 1.70. The molecule has 2 rings (SSSR count). The maximum atomic E-state index is 10.9. The Morgan fingerprint density at radius 1 is 1.29 bits per heavy atom. The Hall–Kier alpha value is -0.594. The summed E-state index contributed by atoms with van der Waals surface area (Å²) in [5.74, 6) is -1.28. The summed E-state index contributed by atoms with van der Waals surface area (Å²) in [4.78, 5) is 10.9. The van der Waals surface area contributed by atoms with E-state index in [1.807, 2.05) is 0 Å². The first-order valence-electron chi connectivity index (χ1n) is 4.65. The fourth-order valence-electron chi connectivity index (χ4n) is 1.70. The zero-order valence-electron chi connectivity index (χ0n) is 9.56. The first-order chi connectivity index (χ1) is 7.65. The second-order valence-corrected chi connectivity index (χ2v) is 3.31. The summed E-state index contributed by atoms with van der Waals surface area (Å²) in [6.07, 6.45) is 0. The number of hydrogen-bond donors (Lipinski definition) is 1. The van der Waals surface area contributed by atoms with Crippen molar-refractivity contribution in [2.24, 2.45) is 0 Å². The number of aromatic hydroxyl groups is 1. The molecule has 1 N–H and O–H groups in total. The summed E-state index contributed by atoms with van der Waals surface area (Å²) in [6.45, 7) is 0. The number of rotatable bonds is 2. The van der Waals surface area contributed by atoms with Crippen molar-refractivity contribution in [1.82, 2.24) is 0 Å². The summed E-state index contributed by atoms with van der Waals surface area (Å²) >= 11 is 0. The number of phenolic OH excluding ortho intramolecular Hbond substituents is 1. The van der Waals surface area contributed by atoms with Gasteiger partial charge in [0.15, 0.2) is 0 Å². The number of fused-ring (bicyclic) bond motifs is 1. The Kier molecular flexibility index (Phi) is 4.97. The second-order valence-electron chi connectivity index (χ2n) is 3.31. The molecule has 4 nitrogen and oxygen atoms in total. The van der Waals surface area contributed by atoms with Gasteiger partial charge in [-0.2, -0.15) is 0 Å². The molecule has 0 fully saturated rings. The summed E-state index contributed by atoms with van der Waals surface area (Å²) in [6, 6.07) is 7.99. The third kappa shape index (κ3) is 2.64. The maximum Gasteiger partial charge on any atom is 1.00 e. The standard InChI is InChI=1S/C12H10O4.K/c1-16-11-8-5-3-2-4-7(8)10(13)6-9(11)12(14)15;/h2-6,13H,1H3,(H,14,15);/q;+1/p-1. The van der Waals surface area contributed by atoms with Gasteiger partial charge in [-0.25, -0.2) is 0 Å². The van der Waals surface area contributed by atoms with Gasteiger partial charge >= 0.3 is 51.4 Å². The van der Waals surface area contributed by atoms with Crippen molar-refractivity contribution in [2.75, 3.05) is 7.11 Å². The molecule has 0 atom stereocenters. The van der Waals surface area contributed by atoms with E-state index >= 15 is 0 Å². The predicted octanol–water partition coefficient (Wildman–Crippen LogP) is -2.08. The molecule has 0 aliphatic heterocycles. The molecule has 82 valence electrons. The minimum Gasteiger partial charge on any atom is -0.545 e. The van der Waals surface area contributed by atoms with Crippen LogP contribution in [-0.2, 0) is 0 Å². The van der Waals surface area contributed by atoms with E-state index in [9.17, 15) is 15.0 Å². The molecule has 0 saturated carbocycles. The van der Waals surface area contributed by atoms with Crippen LogP contribution in [0.3, 0.4) is 0 Å². The van der Waals surface area contributed by atoms with Crippen LogP contribution in [0.1, 0.15) is 10.4 Å². The number of carboxylic acid groups (broad SMARTS) is 1. The summed E-state index contributed by atoms with van der Waals surface area (Å²) in [5.41, 5.74) is -0.154. The second kappa shape index (κ2) is 5.84. The minimum atomic E-state index is -1.38. The van der Waals surface area contributed by atoms with Crippen molar-refractivity contribution in [3.63, 3.8) is 0 Å². The molecule has 0 unspecified atom stereocenters. The molecule has 0 saturated heterocycles. The fraction of sp³-hybridized carbons (Fsp3) is 0.0833. The Balaban J connectivity index is 0.00000144. The normalized spacial score (nSPS) is 9.71. The molecule has 0 aliphatic rings. The van der Waals surface area contributed by atoms with Gasteiger partial charge in [0.05, 0.1) is 13.1 Å². The van der Waals surface area contributed by atoms with E-state index < -0.39 is 5.97 Å². The molecule has 2 aromatic rings. The van der Waals surface area contributed by atoms with Crippen molar-refractivity contribution in [3.05, 3.63) is 35.9 Å². The van der Waals surface area contributed by atoms with Gasteiger partial charge in [-0.1, -0.05) is 24.3 Å². The molecule has 0 amide bonds. The van der Waals surface area contributed by atoms with Crippen LogP contribution >= 0.6 is 0 Å². The SMILES string of the molecule is COc1c(C(=O)[O-])cc(O)c2ccccc12.[K+]. The van der Waals surface area contributed by atoms with Crippen LogP contribution in [0.15, 0.2) is 30.3 Å². The van der Waals surface area contributed by atoms with Gasteiger partial charge in [0.1, 0.15) is 11.5 Å². The first kappa shape index (κ1) is 14.5. The average molecular weight is 256 g/mol. The molecule has 0 heterocycles. The van der Waals surface area contributed by atoms with Gasteiger partial charge < -0.3 is 19.7 Å². The van der Waals surface area contributed by atoms with Crippen molar-refractivity contribution in [3.8, 4) is 11.5 Å². The van der Waals surface area contributed by atoms with Crippen molar-refractivity contribution >= 4 is 16.7 Å². The smallest absolute Gasteiger partial charge is 0.545 e. The molecule has 0 bridgehead atoms. The summed E-state index contributed by atoms with van der Waals surface area (Å²) < 4.78 is 5.04. The Morgan fingerprint density at radius 2 is 1.88 bits per heavy atom. The van der Waals surface area contributed by atoms with Crippen LogP contribution in [-0.4, -0.2) is 18.2 Å². The topological polar surface area (TPSA) is 69.6 Å². The number of hydrogen-bond acceptors (Lipinski definition) is 4. The minimum absolute atomic E-state index is 0. The number of ether oxygens (including phenoxy) is 1. The molecule has 0 aromatic heterocycles. The van der Waals surface area contributed by atoms with Crippen molar-refractivity contribution < 1.29 is 71.1 Å². The molecule has 0 radical (unpaired) electrons. The Labute approximate surface area is 141 Å². The van der Waals surface area contributed by atoms with E-state index in [0.717, 1.165) is 6.07 Å². The zero-order chi connectivity index (χ0) is 11.7. The first-order valence-corrected chi connectivity index (χ1v) is 4.65. The summed E-state index contributed by atoms with van der Waals surface area (Å²) in [7, 11) is 1.38. The van der Waals surface area contributed by atoms with Gasteiger partial charge in [-0.15, -0.1) is 0 Å². The van der Waals surface area contributed by atoms with Crippen LogP contribution in [0, 0.1) is 0 Å². The zero-order valence-corrected chi connectivity index (χ0v) is 12.7. The third-order valence-electron chi connectivity index (χ3n) is 2.40. The van der Waals surface area contributed by atoms with Crippen LogP contribution in [0.4, 0.5) is 0 Å². The van der Waals surface area contributed by atoms with E-state index in [-0.39, 0.29) is 68.4 Å². The molecule has 2 aromatic carbocycles. The molecule has 0 spiro atoms. The van der Waals surface area contributed by atoms with Crippen LogP contribution in [0.5, 0.6) is 11.5 Å². The third-order valence-corrected chi connectivity index (χ3v) is 2.40. The van der Waals surface area contributed by atoms with Gasteiger partial charge in [0.2, 0.25) is 0 Å². The van der Waals surface area contributed by atoms with Crippen LogP contribution in [0.2, 0.25) is 0 Å². The number of carbonyl (C=O) groups is 1. The van der Waals surface area contributed by atoms with Crippen LogP contribution < -0.4 is 61.2 Å². The molecule has 17 heavy (non-hydrogen) atoms. The van der Waals surface area contributed by atoms with Crippen LogP contribution in [0.25, 0.3) is 10.8 Å².